The molecule has 0 saturated carbocycles. The minimum atomic E-state index is -4.47. The SMILES string of the molecule is O=C(O)c1cnc(N2CC(Oc3ccccc3C(F)(F)F)C2)s1. The van der Waals surface area contributed by atoms with Crippen molar-refractivity contribution in [2.24, 2.45) is 0 Å². The van der Waals surface area contributed by atoms with Crippen molar-refractivity contribution in [2.45, 2.75) is 12.3 Å². The van der Waals surface area contributed by atoms with Gasteiger partial charge in [0.1, 0.15) is 16.7 Å². The van der Waals surface area contributed by atoms with Crippen molar-refractivity contribution in [1.29, 1.82) is 0 Å². The van der Waals surface area contributed by atoms with Gasteiger partial charge < -0.3 is 14.7 Å². The molecule has 0 amide bonds. The van der Waals surface area contributed by atoms with Crippen LogP contribution in [0.15, 0.2) is 30.5 Å². The van der Waals surface area contributed by atoms with Gasteiger partial charge in [0, 0.05) is 0 Å². The molecule has 3 rings (SSSR count). The molecule has 1 aliphatic rings. The zero-order valence-corrected chi connectivity index (χ0v) is 12.4. The van der Waals surface area contributed by atoms with Gasteiger partial charge in [-0.05, 0) is 12.1 Å². The summed E-state index contributed by atoms with van der Waals surface area (Å²) < 4.78 is 44.1. The van der Waals surface area contributed by atoms with Crippen molar-refractivity contribution in [1.82, 2.24) is 4.98 Å². The zero-order chi connectivity index (χ0) is 16.6. The van der Waals surface area contributed by atoms with Crippen LogP contribution < -0.4 is 9.64 Å². The van der Waals surface area contributed by atoms with E-state index in [2.05, 4.69) is 4.98 Å². The van der Waals surface area contributed by atoms with Gasteiger partial charge in [-0.25, -0.2) is 9.78 Å². The molecular formula is C14H11F3N2O3S. The Morgan fingerprint density at radius 3 is 2.65 bits per heavy atom. The zero-order valence-electron chi connectivity index (χ0n) is 11.6. The van der Waals surface area contributed by atoms with Gasteiger partial charge in [0.2, 0.25) is 0 Å². The smallest absolute Gasteiger partial charge is 0.419 e. The number of carboxylic acid groups (broad SMARTS) is 1. The highest BCUT2D eigenvalue weighted by Gasteiger charge is 2.37. The highest BCUT2D eigenvalue weighted by Crippen LogP contribution is 2.37. The fourth-order valence-corrected chi connectivity index (χ4v) is 2.93. The number of hydrogen-bond acceptors (Lipinski definition) is 5. The third-order valence-electron chi connectivity index (χ3n) is 3.31. The lowest BCUT2D eigenvalue weighted by Gasteiger charge is -2.39. The number of halogens is 3. The number of nitrogens with zero attached hydrogens (tertiary/aromatic N) is 2. The summed E-state index contributed by atoms with van der Waals surface area (Å²) in [4.78, 5) is 16.7. The number of ether oxygens (including phenoxy) is 1. The summed E-state index contributed by atoms with van der Waals surface area (Å²) in [6, 6.07) is 5.07. The monoisotopic (exact) mass is 344 g/mol. The molecule has 0 aliphatic carbocycles. The number of rotatable bonds is 4. The van der Waals surface area contributed by atoms with Crippen molar-refractivity contribution in [3.63, 3.8) is 0 Å². The predicted molar refractivity (Wildman–Crippen MR) is 77.1 cm³/mol. The van der Waals surface area contributed by atoms with E-state index in [1.165, 1.54) is 24.4 Å². The van der Waals surface area contributed by atoms with E-state index in [4.69, 9.17) is 9.84 Å². The molecule has 1 fully saturated rings. The Bertz CT molecular complexity index is 726. The molecule has 1 saturated heterocycles. The van der Waals surface area contributed by atoms with Crippen molar-refractivity contribution in [3.05, 3.63) is 40.9 Å². The molecule has 1 aromatic carbocycles. The fraction of sp³-hybridized carbons (Fsp3) is 0.286. The number of thiazole rings is 1. The Morgan fingerprint density at radius 1 is 1.35 bits per heavy atom. The highest BCUT2D eigenvalue weighted by molar-refractivity contribution is 7.17. The van der Waals surface area contributed by atoms with Crippen molar-refractivity contribution in [2.75, 3.05) is 18.0 Å². The molecular weight excluding hydrogens is 333 g/mol. The minimum Gasteiger partial charge on any atom is -0.486 e. The van der Waals surface area contributed by atoms with Gasteiger partial charge in [0.05, 0.1) is 24.8 Å². The molecule has 1 aromatic heterocycles. The van der Waals surface area contributed by atoms with Gasteiger partial charge in [-0.2, -0.15) is 13.2 Å². The maximum atomic E-state index is 12.9. The number of carbonyl (C=O) groups is 1. The Kier molecular flexibility index (Phi) is 3.88. The number of anilines is 1. The summed E-state index contributed by atoms with van der Waals surface area (Å²) in [5, 5.41) is 9.36. The summed E-state index contributed by atoms with van der Waals surface area (Å²) in [5.74, 6) is -1.25. The highest BCUT2D eigenvalue weighted by atomic mass is 32.1. The number of carboxylic acids is 1. The Hall–Kier alpha value is -2.29. The minimum absolute atomic E-state index is 0.117. The molecule has 0 unspecified atom stereocenters. The van der Waals surface area contributed by atoms with Crippen LogP contribution >= 0.6 is 11.3 Å². The molecule has 1 aliphatic heterocycles. The Balaban J connectivity index is 1.63. The van der Waals surface area contributed by atoms with E-state index < -0.39 is 23.8 Å². The van der Waals surface area contributed by atoms with Gasteiger partial charge >= 0.3 is 12.1 Å². The van der Waals surface area contributed by atoms with Gasteiger partial charge in [0.15, 0.2) is 5.13 Å². The van der Waals surface area contributed by atoms with Gasteiger partial charge in [-0.1, -0.05) is 23.5 Å². The molecule has 9 heteroatoms. The van der Waals surface area contributed by atoms with Crippen LogP contribution in [0.2, 0.25) is 0 Å². The lowest BCUT2D eigenvalue weighted by atomic mass is 10.1. The largest absolute Gasteiger partial charge is 0.486 e. The van der Waals surface area contributed by atoms with Crippen LogP contribution in [0.5, 0.6) is 5.75 Å². The molecule has 0 bridgehead atoms. The lowest BCUT2D eigenvalue weighted by molar-refractivity contribution is -0.139. The van der Waals surface area contributed by atoms with E-state index in [1.807, 2.05) is 0 Å². The van der Waals surface area contributed by atoms with Crippen LogP contribution in [0.25, 0.3) is 0 Å². The number of aromatic nitrogens is 1. The first-order chi connectivity index (χ1) is 10.8. The predicted octanol–water partition coefficient (Wildman–Crippen LogP) is 3.13. The lowest BCUT2D eigenvalue weighted by Crippen LogP contribution is -2.54. The van der Waals surface area contributed by atoms with E-state index in [0.29, 0.717) is 18.2 Å². The molecule has 23 heavy (non-hydrogen) atoms. The quantitative estimate of drug-likeness (QED) is 0.923. The van der Waals surface area contributed by atoms with Crippen LogP contribution in [-0.2, 0) is 6.18 Å². The number of para-hydroxylation sites is 1. The molecule has 2 aromatic rings. The van der Waals surface area contributed by atoms with Gasteiger partial charge in [-0.3, -0.25) is 0 Å². The standard InChI is InChI=1S/C14H11F3N2O3S/c15-14(16,17)9-3-1-2-4-10(9)22-8-6-19(7-8)13-18-5-11(23-13)12(20)21/h1-5,8H,6-7H2,(H,20,21). The van der Waals surface area contributed by atoms with Gasteiger partial charge in [0.25, 0.3) is 0 Å². The third-order valence-corrected chi connectivity index (χ3v) is 4.36. The number of hydrogen-bond donors (Lipinski definition) is 1. The first-order valence-corrected chi connectivity index (χ1v) is 7.43. The molecule has 0 spiro atoms. The first kappa shape index (κ1) is 15.6. The van der Waals surface area contributed by atoms with Crippen molar-refractivity contribution >= 4 is 22.4 Å². The van der Waals surface area contributed by atoms with Crippen LogP contribution in [0.3, 0.4) is 0 Å². The van der Waals surface area contributed by atoms with Crippen LogP contribution in [0, 0.1) is 0 Å². The van der Waals surface area contributed by atoms with E-state index in [1.54, 1.807) is 4.90 Å². The molecule has 2 heterocycles. The summed E-state index contributed by atoms with van der Waals surface area (Å²) in [7, 11) is 0. The molecule has 0 atom stereocenters. The second kappa shape index (κ2) is 5.73. The second-order valence-electron chi connectivity index (χ2n) is 4.95. The molecule has 122 valence electrons. The van der Waals surface area contributed by atoms with E-state index in [9.17, 15) is 18.0 Å². The molecule has 1 N–H and O–H groups in total. The summed E-state index contributed by atoms with van der Waals surface area (Å²) in [5.41, 5.74) is -0.805. The topological polar surface area (TPSA) is 62.7 Å². The summed E-state index contributed by atoms with van der Waals surface area (Å²) in [6.45, 7) is 0.720. The summed E-state index contributed by atoms with van der Waals surface area (Å²) >= 11 is 1.02. The number of alkyl halides is 3. The van der Waals surface area contributed by atoms with E-state index in [-0.39, 0.29) is 10.6 Å². The first-order valence-electron chi connectivity index (χ1n) is 6.61. The Morgan fingerprint density at radius 2 is 2.04 bits per heavy atom. The van der Waals surface area contributed by atoms with E-state index >= 15 is 0 Å². The van der Waals surface area contributed by atoms with Crippen LogP contribution in [0.4, 0.5) is 18.3 Å². The maximum Gasteiger partial charge on any atom is 0.419 e. The summed E-state index contributed by atoms with van der Waals surface area (Å²) in [6.07, 6.45) is -3.60. The van der Waals surface area contributed by atoms with Crippen molar-refractivity contribution in [3.8, 4) is 5.75 Å². The maximum absolute atomic E-state index is 12.9. The van der Waals surface area contributed by atoms with Crippen molar-refractivity contribution < 1.29 is 27.8 Å². The van der Waals surface area contributed by atoms with E-state index in [0.717, 1.165) is 17.4 Å². The van der Waals surface area contributed by atoms with Gasteiger partial charge in [-0.15, -0.1) is 0 Å². The normalized spacial score (nSPS) is 15.3. The third kappa shape index (κ3) is 3.24. The fourth-order valence-electron chi connectivity index (χ4n) is 2.16. The molecule has 5 nitrogen and oxygen atoms in total. The molecule has 0 radical (unpaired) electrons. The van der Waals surface area contributed by atoms with Crippen LogP contribution in [0.1, 0.15) is 15.2 Å². The number of benzene rings is 1. The average Bonchev–Trinajstić information content (AvgIpc) is 2.91. The van der Waals surface area contributed by atoms with Crippen LogP contribution in [-0.4, -0.2) is 35.3 Å². The number of aromatic carboxylic acids is 1. The average molecular weight is 344 g/mol. The second-order valence-corrected chi connectivity index (χ2v) is 5.96. The Labute approximate surface area is 132 Å².